The lowest BCUT2D eigenvalue weighted by Gasteiger charge is -2.14. The van der Waals surface area contributed by atoms with Crippen LogP contribution < -0.4 is 14.8 Å². The average molecular weight is 349 g/mol. The van der Waals surface area contributed by atoms with Gasteiger partial charge in [-0.1, -0.05) is 45.0 Å². The van der Waals surface area contributed by atoms with Crippen LogP contribution in [-0.4, -0.2) is 16.6 Å². The summed E-state index contributed by atoms with van der Waals surface area (Å²) in [5, 5.41) is 8.35. The molecular formula is C21H23N3O2. The molecule has 0 aliphatic carbocycles. The molecule has 3 aromatic rings. The predicted molar refractivity (Wildman–Crippen MR) is 102 cm³/mol. The summed E-state index contributed by atoms with van der Waals surface area (Å²) in [5.41, 5.74) is 3.20. The van der Waals surface area contributed by atoms with Gasteiger partial charge < -0.3 is 14.8 Å². The van der Waals surface area contributed by atoms with E-state index in [0.29, 0.717) is 13.3 Å². The Morgan fingerprint density at radius 1 is 1.00 bits per heavy atom. The van der Waals surface area contributed by atoms with Crippen LogP contribution in [0.5, 0.6) is 11.5 Å². The van der Waals surface area contributed by atoms with Crippen LogP contribution in [0.4, 0.5) is 5.82 Å². The summed E-state index contributed by atoms with van der Waals surface area (Å²) in [6.45, 7) is 7.49. The van der Waals surface area contributed by atoms with E-state index >= 15 is 0 Å². The molecule has 1 N–H and O–H groups in total. The second kappa shape index (κ2) is 6.41. The summed E-state index contributed by atoms with van der Waals surface area (Å²) in [6.07, 6.45) is 0. The maximum Gasteiger partial charge on any atom is 0.231 e. The van der Waals surface area contributed by atoms with Gasteiger partial charge in [-0.2, -0.15) is 5.10 Å². The number of anilines is 1. The van der Waals surface area contributed by atoms with Crippen molar-refractivity contribution in [1.82, 2.24) is 9.78 Å². The number of nitrogens with zero attached hydrogens (tertiary/aromatic N) is 2. The third-order valence-corrected chi connectivity index (χ3v) is 4.39. The number of rotatable bonds is 4. The Labute approximate surface area is 153 Å². The van der Waals surface area contributed by atoms with Crippen molar-refractivity contribution in [3.8, 4) is 17.2 Å². The van der Waals surface area contributed by atoms with Gasteiger partial charge in [0.2, 0.25) is 6.79 Å². The summed E-state index contributed by atoms with van der Waals surface area (Å²) >= 11 is 0. The van der Waals surface area contributed by atoms with Gasteiger partial charge in [0.25, 0.3) is 0 Å². The van der Waals surface area contributed by atoms with Gasteiger partial charge in [0, 0.05) is 18.0 Å². The number of para-hydroxylation sites is 1. The number of aromatic nitrogens is 2. The summed E-state index contributed by atoms with van der Waals surface area (Å²) in [6, 6.07) is 18.3. The van der Waals surface area contributed by atoms with Crippen molar-refractivity contribution in [3.05, 3.63) is 65.9 Å². The molecule has 0 bridgehead atoms. The molecule has 1 aromatic heterocycles. The molecule has 4 rings (SSSR count). The van der Waals surface area contributed by atoms with Crippen molar-refractivity contribution < 1.29 is 9.47 Å². The SMILES string of the molecule is CC(C)(C)c1cc(NCc2ccc3c(c2)OCO3)n(-c2ccccc2)n1. The molecule has 2 heterocycles. The van der Waals surface area contributed by atoms with E-state index in [-0.39, 0.29) is 5.41 Å². The Balaban J connectivity index is 1.62. The Bertz CT molecular complexity index is 911. The molecule has 26 heavy (non-hydrogen) atoms. The van der Waals surface area contributed by atoms with E-state index in [1.165, 1.54) is 0 Å². The zero-order valence-corrected chi connectivity index (χ0v) is 15.3. The van der Waals surface area contributed by atoms with Crippen molar-refractivity contribution >= 4 is 5.82 Å². The van der Waals surface area contributed by atoms with E-state index in [0.717, 1.165) is 34.3 Å². The Morgan fingerprint density at radius 2 is 1.77 bits per heavy atom. The molecule has 0 spiro atoms. The molecule has 0 atom stereocenters. The van der Waals surface area contributed by atoms with Crippen LogP contribution >= 0.6 is 0 Å². The number of fused-ring (bicyclic) bond motifs is 1. The molecule has 0 saturated carbocycles. The van der Waals surface area contributed by atoms with Crippen molar-refractivity contribution in [3.63, 3.8) is 0 Å². The largest absolute Gasteiger partial charge is 0.454 e. The van der Waals surface area contributed by atoms with Crippen LogP contribution in [-0.2, 0) is 12.0 Å². The van der Waals surface area contributed by atoms with E-state index < -0.39 is 0 Å². The molecule has 5 nitrogen and oxygen atoms in total. The zero-order chi connectivity index (χ0) is 18.1. The lowest BCUT2D eigenvalue weighted by Crippen LogP contribution is -2.12. The summed E-state index contributed by atoms with van der Waals surface area (Å²) in [7, 11) is 0. The molecule has 0 fully saturated rings. The fourth-order valence-electron chi connectivity index (χ4n) is 2.88. The third kappa shape index (κ3) is 3.25. The topological polar surface area (TPSA) is 48.3 Å². The van der Waals surface area contributed by atoms with Crippen molar-refractivity contribution in [2.75, 3.05) is 12.1 Å². The lowest BCUT2D eigenvalue weighted by atomic mass is 9.92. The van der Waals surface area contributed by atoms with Crippen LogP contribution in [0, 0.1) is 0 Å². The second-order valence-electron chi connectivity index (χ2n) is 7.45. The number of hydrogen-bond acceptors (Lipinski definition) is 4. The van der Waals surface area contributed by atoms with Gasteiger partial charge in [0.15, 0.2) is 11.5 Å². The van der Waals surface area contributed by atoms with Gasteiger partial charge >= 0.3 is 0 Å². The highest BCUT2D eigenvalue weighted by Crippen LogP contribution is 2.33. The maximum atomic E-state index is 5.47. The fraction of sp³-hybridized carbons (Fsp3) is 0.286. The van der Waals surface area contributed by atoms with Gasteiger partial charge in [0.1, 0.15) is 5.82 Å². The van der Waals surface area contributed by atoms with Crippen LogP contribution in [0.3, 0.4) is 0 Å². The van der Waals surface area contributed by atoms with Crippen LogP contribution in [0.2, 0.25) is 0 Å². The normalized spacial score (nSPS) is 13.0. The van der Waals surface area contributed by atoms with Crippen molar-refractivity contribution in [2.45, 2.75) is 32.7 Å². The van der Waals surface area contributed by atoms with Gasteiger partial charge in [0.05, 0.1) is 11.4 Å². The third-order valence-electron chi connectivity index (χ3n) is 4.39. The minimum atomic E-state index is -0.0186. The minimum Gasteiger partial charge on any atom is -0.454 e. The molecule has 1 aliphatic rings. The van der Waals surface area contributed by atoms with Crippen LogP contribution in [0.15, 0.2) is 54.6 Å². The molecule has 5 heteroatoms. The van der Waals surface area contributed by atoms with Crippen molar-refractivity contribution in [1.29, 1.82) is 0 Å². The molecule has 0 saturated heterocycles. The fourth-order valence-corrected chi connectivity index (χ4v) is 2.88. The highest BCUT2D eigenvalue weighted by atomic mass is 16.7. The van der Waals surface area contributed by atoms with E-state index in [1.54, 1.807) is 0 Å². The minimum absolute atomic E-state index is 0.0186. The predicted octanol–water partition coefficient (Wildman–Crippen LogP) is 4.51. The van der Waals surface area contributed by atoms with Gasteiger partial charge in [-0.15, -0.1) is 0 Å². The summed E-state index contributed by atoms with van der Waals surface area (Å²) < 4.78 is 12.8. The molecule has 0 unspecified atom stereocenters. The number of benzene rings is 2. The maximum absolute atomic E-state index is 5.47. The van der Waals surface area contributed by atoms with Crippen LogP contribution in [0.1, 0.15) is 32.0 Å². The number of ether oxygens (including phenoxy) is 2. The first-order valence-corrected chi connectivity index (χ1v) is 8.79. The van der Waals surface area contributed by atoms with E-state index in [1.807, 2.05) is 35.0 Å². The highest BCUT2D eigenvalue weighted by molar-refractivity contribution is 5.49. The number of nitrogens with one attached hydrogen (secondary N) is 1. The molecule has 1 aliphatic heterocycles. The Kier molecular flexibility index (Phi) is 4.07. The summed E-state index contributed by atoms with van der Waals surface area (Å²) in [5.74, 6) is 2.58. The molecule has 0 amide bonds. The van der Waals surface area contributed by atoms with Gasteiger partial charge in [-0.25, -0.2) is 4.68 Å². The molecule has 0 radical (unpaired) electrons. The molecule has 134 valence electrons. The van der Waals surface area contributed by atoms with E-state index in [9.17, 15) is 0 Å². The first kappa shape index (κ1) is 16.5. The van der Waals surface area contributed by atoms with Gasteiger partial charge in [-0.05, 0) is 29.8 Å². The van der Waals surface area contributed by atoms with E-state index in [4.69, 9.17) is 14.6 Å². The first-order valence-electron chi connectivity index (χ1n) is 8.79. The van der Waals surface area contributed by atoms with E-state index in [2.05, 4.69) is 50.4 Å². The van der Waals surface area contributed by atoms with Crippen LogP contribution in [0.25, 0.3) is 5.69 Å². The summed E-state index contributed by atoms with van der Waals surface area (Å²) in [4.78, 5) is 0. The monoisotopic (exact) mass is 349 g/mol. The average Bonchev–Trinajstić information content (AvgIpc) is 3.26. The second-order valence-corrected chi connectivity index (χ2v) is 7.45. The lowest BCUT2D eigenvalue weighted by molar-refractivity contribution is 0.174. The Hall–Kier alpha value is -2.95. The first-order chi connectivity index (χ1) is 12.5. The smallest absolute Gasteiger partial charge is 0.231 e. The molecular weight excluding hydrogens is 326 g/mol. The van der Waals surface area contributed by atoms with Crippen molar-refractivity contribution in [2.24, 2.45) is 0 Å². The quantitative estimate of drug-likeness (QED) is 0.753. The molecule has 2 aromatic carbocycles. The highest BCUT2D eigenvalue weighted by Gasteiger charge is 2.20. The number of hydrogen-bond donors (Lipinski definition) is 1. The Morgan fingerprint density at radius 3 is 2.54 bits per heavy atom. The standard InChI is InChI=1S/C21H23N3O2/c1-21(2,3)19-12-20(24(23-19)16-7-5-4-6-8-16)22-13-15-9-10-17-18(11-15)26-14-25-17/h4-12,22H,13-14H2,1-3H3. The van der Waals surface area contributed by atoms with Gasteiger partial charge in [-0.3, -0.25) is 0 Å². The zero-order valence-electron chi connectivity index (χ0n) is 15.3.